The molecular weight excluding hydrogens is 323 g/mol. The molecule has 18 heavy (non-hydrogen) atoms. The average Bonchev–Trinajstić information content (AvgIpc) is 2.35. The number of benzene rings is 1. The lowest BCUT2D eigenvalue weighted by atomic mass is 10.0. The molecule has 1 amide bonds. The summed E-state index contributed by atoms with van der Waals surface area (Å²) in [5.74, 6) is -0.467. The molecule has 0 saturated carbocycles. The van der Waals surface area contributed by atoms with Crippen molar-refractivity contribution in [2.45, 2.75) is 25.3 Å². The molecule has 1 heterocycles. The SMILES string of the molecule is Cl.O=C(Nc1ccc(Br)c(F)c1)C1CCCCN1. The van der Waals surface area contributed by atoms with E-state index in [1.165, 1.54) is 6.07 Å². The number of carbonyl (C=O) groups excluding carboxylic acids is 1. The van der Waals surface area contributed by atoms with Crippen molar-refractivity contribution in [3.8, 4) is 0 Å². The smallest absolute Gasteiger partial charge is 0.241 e. The van der Waals surface area contributed by atoms with Crippen molar-refractivity contribution in [2.75, 3.05) is 11.9 Å². The lowest BCUT2D eigenvalue weighted by Crippen LogP contribution is -2.43. The molecule has 1 fully saturated rings. The van der Waals surface area contributed by atoms with Crippen molar-refractivity contribution in [1.82, 2.24) is 5.32 Å². The Labute approximate surface area is 120 Å². The van der Waals surface area contributed by atoms with Crippen LogP contribution in [0.2, 0.25) is 0 Å². The first-order chi connectivity index (χ1) is 8.16. The number of carbonyl (C=O) groups is 1. The molecular formula is C12H15BrClFN2O. The van der Waals surface area contributed by atoms with Gasteiger partial charge in [-0.3, -0.25) is 4.79 Å². The van der Waals surface area contributed by atoms with Crippen LogP contribution in [0, 0.1) is 5.82 Å². The highest BCUT2D eigenvalue weighted by Crippen LogP contribution is 2.19. The molecule has 100 valence electrons. The van der Waals surface area contributed by atoms with Gasteiger partial charge in [-0.1, -0.05) is 6.42 Å². The Balaban J connectivity index is 0.00000162. The molecule has 2 N–H and O–H groups in total. The van der Waals surface area contributed by atoms with Crippen molar-refractivity contribution in [3.63, 3.8) is 0 Å². The van der Waals surface area contributed by atoms with Gasteiger partial charge in [0.15, 0.2) is 0 Å². The minimum absolute atomic E-state index is 0. The number of hydrogen-bond acceptors (Lipinski definition) is 2. The summed E-state index contributed by atoms with van der Waals surface area (Å²) in [7, 11) is 0. The van der Waals surface area contributed by atoms with Crippen LogP contribution in [-0.2, 0) is 4.79 Å². The van der Waals surface area contributed by atoms with Gasteiger partial charge in [0.1, 0.15) is 5.82 Å². The van der Waals surface area contributed by atoms with Crippen molar-refractivity contribution in [2.24, 2.45) is 0 Å². The van der Waals surface area contributed by atoms with Crippen molar-refractivity contribution in [3.05, 3.63) is 28.5 Å². The van der Waals surface area contributed by atoms with Crippen LogP contribution < -0.4 is 10.6 Å². The van der Waals surface area contributed by atoms with E-state index in [0.29, 0.717) is 10.2 Å². The zero-order valence-corrected chi connectivity index (χ0v) is 12.1. The van der Waals surface area contributed by atoms with Crippen LogP contribution in [0.5, 0.6) is 0 Å². The molecule has 0 spiro atoms. The Bertz CT molecular complexity index is 425. The standard InChI is InChI=1S/C12H14BrFN2O.ClH/c13-9-5-4-8(7-10(9)14)16-12(17)11-3-1-2-6-15-11;/h4-5,7,11,15H,1-3,6H2,(H,16,17);1H. The van der Waals surface area contributed by atoms with Crippen molar-refractivity contribution in [1.29, 1.82) is 0 Å². The molecule has 0 aromatic heterocycles. The minimum atomic E-state index is -0.376. The van der Waals surface area contributed by atoms with Crippen LogP contribution in [-0.4, -0.2) is 18.5 Å². The number of halogens is 3. The summed E-state index contributed by atoms with van der Waals surface area (Å²) in [5.41, 5.74) is 0.489. The highest BCUT2D eigenvalue weighted by Gasteiger charge is 2.20. The topological polar surface area (TPSA) is 41.1 Å². The van der Waals surface area contributed by atoms with Crippen molar-refractivity contribution >= 4 is 39.9 Å². The number of anilines is 1. The third-order valence-corrected chi connectivity index (χ3v) is 3.46. The Morgan fingerprint density at radius 2 is 2.22 bits per heavy atom. The third-order valence-electron chi connectivity index (χ3n) is 2.81. The number of hydrogen-bond donors (Lipinski definition) is 2. The normalized spacial score (nSPS) is 18.9. The first-order valence-electron chi connectivity index (χ1n) is 5.66. The van der Waals surface area contributed by atoms with Gasteiger partial charge in [0.05, 0.1) is 10.5 Å². The maximum atomic E-state index is 13.3. The fourth-order valence-corrected chi connectivity index (χ4v) is 2.13. The van der Waals surface area contributed by atoms with Crippen LogP contribution in [0.4, 0.5) is 10.1 Å². The molecule has 0 radical (unpaired) electrons. The zero-order chi connectivity index (χ0) is 12.3. The van der Waals surface area contributed by atoms with Gasteiger partial charge in [0.2, 0.25) is 5.91 Å². The molecule has 1 aromatic carbocycles. The number of piperidine rings is 1. The average molecular weight is 338 g/mol. The second-order valence-electron chi connectivity index (χ2n) is 4.12. The molecule has 1 unspecified atom stereocenters. The lowest BCUT2D eigenvalue weighted by Gasteiger charge is -2.22. The van der Waals surface area contributed by atoms with Gasteiger partial charge in [-0.15, -0.1) is 12.4 Å². The summed E-state index contributed by atoms with van der Waals surface area (Å²) in [6.45, 7) is 0.868. The number of amides is 1. The van der Waals surface area contributed by atoms with E-state index in [0.717, 1.165) is 25.8 Å². The van der Waals surface area contributed by atoms with Crippen LogP contribution in [0.3, 0.4) is 0 Å². The Kier molecular flexibility index (Phi) is 6.05. The van der Waals surface area contributed by atoms with Crippen LogP contribution in [0.15, 0.2) is 22.7 Å². The molecule has 0 aliphatic carbocycles. The lowest BCUT2D eigenvalue weighted by molar-refractivity contribution is -0.118. The van der Waals surface area contributed by atoms with E-state index < -0.39 is 0 Å². The highest BCUT2D eigenvalue weighted by atomic mass is 79.9. The second kappa shape index (κ2) is 7.07. The predicted octanol–water partition coefficient (Wildman–Crippen LogP) is 3.09. The molecule has 1 saturated heterocycles. The molecule has 1 atom stereocenters. The third kappa shape index (κ3) is 3.93. The molecule has 3 nitrogen and oxygen atoms in total. The Morgan fingerprint density at radius 1 is 1.44 bits per heavy atom. The van der Waals surface area contributed by atoms with E-state index in [1.54, 1.807) is 12.1 Å². The summed E-state index contributed by atoms with van der Waals surface area (Å²) in [6, 6.07) is 4.41. The van der Waals surface area contributed by atoms with Crippen LogP contribution >= 0.6 is 28.3 Å². The van der Waals surface area contributed by atoms with E-state index in [-0.39, 0.29) is 30.2 Å². The largest absolute Gasteiger partial charge is 0.325 e. The number of rotatable bonds is 2. The summed E-state index contributed by atoms with van der Waals surface area (Å²) >= 11 is 3.07. The van der Waals surface area contributed by atoms with Crippen molar-refractivity contribution < 1.29 is 9.18 Å². The maximum absolute atomic E-state index is 13.3. The monoisotopic (exact) mass is 336 g/mol. The van der Waals surface area contributed by atoms with E-state index in [2.05, 4.69) is 26.6 Å². The highest BCUT2D eigenvalue weighted by molar-refractivity contribution is 9.10. The van der Waals surface area contributed by atoms with E-state index in [1.807, 2.05) is 0 Å². The first kappa shape index (κ1) is 15.4. The van der Waals surface area contributed by atoms with E-state index in [4.69, 9.17) is 0 Å². The Hall–Kier alpha value is -0.650. The van der Waals surface area contributed by atoms with Crippen LogP contribution in [0.25, 0.3) is 0 Å². The van der Waals surface area contributed by atoms with Gasteiger partial charge in [0, 0.05) is 5.69 Å². The molecule has 0 bridgehead atoms. The quantitative estimate of drug-likeness (QED) is 0.871. The molecule has 2 rings (SSSR count). The fourth-order valence-electron chi connectivity index (χ4n) is 1.88. The molecule has 1 aliphatic rings. The van der Waals surface area contributed by atoms with Gasteiger partial charge >= 0.3 is 0 Å². The summed E-state index contributed by atoms with van der Waals surface area (Å²) in [4.78, 5) is 11.9. The molecule has 1 aliphatic heterocycles. The second-order valence-corrected chi connectivity index (χ2v) is 4.97. The maximum Gasteiger partial charge on any atom is 0.241 e. The minimum Gasteiger partial charge on any atom is -0.325 e. The first-order valence-corrected chi connectivity index (χ1v) is 6.45. The van der Waals surface area contributed by atoms with Gasteiger partial charge in [0.25, 0.3) is 0 Å². The summed E-state index contributed by atoms with van der Waals surface area (Å²) < 4.78 is 13.7. The van der Waals surface area contributed by atoms with Crippen LogP contribution in [0.1, 0.15) is 19.3 Å². The number of nitrogens with one attached hydrogen (secondary N) is 2. The van der Waals surface area contributed by atoms with Gasteiger partial charge in [-0.05, 0) is 53.5 Å². The molecule has 6 heteroatoms. The summed E-state index contributed by atoms with van der Waals surface area (Å²) in [5, 5.41) is 5.87. The van der Waals surface area contributed by atoms with E-state index >= 15 is 0 Å². The van der Waals surface area contributed by atoms with Gasteiger partial charge < -0.3 is 10.6 Å². The molecule has 1 aromatic rings. The van der Waals surface area contributed by atoms with Gasteiger partial charge in [-0.25, -0.2) is 4.39 Å². The fraction of sp³-hybridized carbons (Fsp3) is 0.417. The van der Waals surface area contributed by atoms with E-state index in [9.17, 15) is 9.18 Å². The Morgan fingerprint density at radius 3 is 2.83 bits per heavy atom. The predicted molar refractivity (Wildman–Crippen MR) is 75.6 cm³/mol. The van der Waals surface area contributed by atoms with Gasteiger partial charge in [-0.2, -0.15) is 0 Å². The zero-order valence-electron chi connectivity index (χ0n) is 9.71. The summed E-state index contributed by atoms with van der Waals surface area (Å²) in [6.07, 6.45) is 3.00.